The van der Waals surface area contributed by atoms with Crippen molar-refractivity contribution in [2.45, 2.75) is 25.8 Å². The van der Waals surface area contributed by atoms with Crippen molar-refractivity contribution in [2.24, 2.45) is 5.73 Å². The lowest BCUT2D eigenvalue weighted by atomic mass is 10.1. The monoisotopic (exact) mass is 267 g/mol. The zero-order valence-corrected chi connectivity index (χ0v) is 11.6. The summed E-state index contributed by atoms with van der Waals surface area (Å²) in [6.07, 6.45) is 0.886. The van der Waals surface area contributed by atoms with Gasteiger partial charge < -0.3 is 19.9 Å². The Morgan fingerprint density at radius 1 is 1.37 bits per heavy atom. The SMILES string of the molecule is COC(=O)CCOc1c(CC(C)N)cccc1OC. The highest BCUT2D eigenvalue weighted by Crippen LogP contribution is 2.31. The van der Waals surface area contributed by atoms with Gasteiger partial charge in [-0.05, 0) is 25.0 Å². The smallest absolute Gasteiger partial charge is 0.308 e. The molecule has 1 aromatic rings. The fraction of sp³-hybridized carbons (Fsp3) is 0.500. The Morgan fingerprint density at radius 3 is 2.68 bits per heavy atom. The molecule has 1 rings (SSSR count). The molecule has 1 atom stereocenters. The lowest BCUT2D eigenvalue weighted by Gasteiger charge is -2.16. The van der Waals surface area contributed by atoms with Gasteiger partial charge in [-0.25, -0.2) is 0 Å². The van der Waals surface area contributed by atoms with Crippen LogP contribution in [0.5, 0.6) is 11.5 Å². The Morgan fingerprint density at radius 2 is 2.11 bits per heavy atom. The fourth-order valence-corrected chi connectivity index (χ4v) is 1.73. The molecule has 5 nitrogen and oxygen atoms in total. The highest BCUT2D eigenvalue weighted by Gasteiger charge is 2.12. The van der Waals surface area contributed by atoms with E-state index in [4.69, 9.17) is 15.2 Å². The van der Waals surface area contributed by atoms with Gasteiger partial charge in [-0.2, -0.15) is 0 Å². The van der Waals surface area contributed by atoms with Crippen molar-refractivity contribution >= 4 is 5.97 Å². The molecular weight excluding hydrogens is 246 g/mol. The molecule has 0 heterocycles. The Bertz CT molecular complexity index is 418. The van der Waals surface area contributed by atoms with Gasteiger partial charge in [0.05, 0.1) is 27.2 Å². The van der Waals surface area contributed by atoms with Crippen LogP contribution < -0.4 is 15.2 Å². The molecule has 2 N–H and O–H groups in total. The van der Waals surface area contributed by atoms with Gasteiger partial charge in [0.2, 0.25) is 0 Å². The number of methoxy groups -OCH3 is 2. The third kappa shape index (κ3) is 4.79. The van der Waals surface area contributed by atoms with Gasteiger partial charge in [-0.1, -0.05) is 12.1 Å². The van der Waals surface area contributed by atoms with Crippen LogP contribution in [0.15, 0.2) is 18.2 Å². The van der Waals surface area contributed by atoms with E-state index >= 15 is 0 Å². The number of carbonyl (C=O) groups excluding carboxylic acids is 1. The highest BCUT2D eigenvalue weighted by molar-refractivity contribution is 5.69. The number of nitrogens with two attached hydrogens (primary N) is 1. The molecule has 0 saturated heterocycles. The predicted molar refractivity (Wildman–Crippen MR) is 72.5 cm³/mol. The fourth-order valence-electron chi connectivity index (χ4n) is 1.73. The van der Waals surface area contributed by atoms with E-state index in [0.717, 1.165) is 5.56 Å². The van der Waals surface area contributed by atoms with Crippen molar-refractivity contribution < 1.29 is 19.0 Å². The van der Waals surface area contributed by atoms with Crippen molar-refractivity contribution in [3.05, 3.63) is 23.8 Å². The van der Waals surface area contributed by atoms with Gasteiger partial charge in [-0.3, -0.25) is 4.79 Å². The van der Waals surface area contributed by atoms with E-state index in [1.54, 1.807) is 7.11 Å². The molecule has 5 heteroatoms. The number of para-hydroxylation sites is 1. The topological polar surface area (TPSA) is 70.8 Å². The maximum absolute atomic E-state index is 11.1. The minimum atomic E-state index is -0.302. The Balaban J connectivity index is 2.79. The van der Waals surface area contributed by atoms with Crippen molar-refractivity contribution in [3.63, 3.8) is 0 Å². The molecule has 0 aromatic heterocycles. The van der Waals surface area contributed by atoms with Crippen LogP contribution in [0, 0.1) is 0 Å². The molecule has 19 heavy (non-hydrogen) atoms. The largest absolute Gasteiger partial charge is 0.493 e. The van der Waals surface area contributed by atoms with Crippen molar-refractivity contribution in [1.29, 1.82) is 0 Å². The van der Waals surface area contributed by atoms with Crippen LogP contribution >= 0.6 is 0 Å². The van der Waals surface area contributed by atoms with Gasteiger partial charge in [0, 0.05) is 6.04 Å². The second kappa shape index (κ2) is 7.63. The molecule has 0 radical (unpaired) electrons. The van der Waals surface area contributed by atoms with Crippen LogP contribution in [0.1, 0.15) is 18.9 Å². The van der Waals surface area contributed by atoms with Crippen LogP contribution in [-0.4, -0.2) is 32.8 Å². The summed E-state index contributed by atoms with van der Waals surface area (Å²) in [7, 11) is 2.94. The van der Waals surface area contributed by atoms with Crippen LogP contribution in [0.4, 0.5) is 0 Å². The van der Waals surface area contributed by atoms with Crippen molar-refractivity contribution in [3.8, 4) is 11.5 Å². The van der Waals surface area contributed by atoms with Crippen LogP contribution in [0.3, 0.4) is 0 Å². The molecule has 0 saturated carbocycles. The maximum Gasteiger partial charge on any atom is 0.308 e. The minimum absolute atomic E-state index is 0.0232. The van der Waals surface area contributed by atoms with E-state index in [2.05, 4.69) is 4.74 Å². The second-order valence-electron chi connectivity index (χ2n) is 4.30. The first-order valence-electron chi connectivity index (χ1n) is 6.19. The number of hydrogen-bond donors (Lipinski definition) is 1. The summed E-state index contributed by atoms with van der Waals surface area (Å²) < 4.78 is 15.5. The summed E-state index contributed by atoms with van der Waals surface area (Å²) in [4.78, 5) is 11.1. The lowest BCUT2D eigenvalue weighted by molar-refractivity contribution is -0.141. The van der Waals surface area contributed by atoms with E-state index in [0.29, 0.717) is 17.9 Å². The molecule has 1 aromatic carbocycles. The van der Waals surface area contributed by atoms with E-state index in [-0.39, 0.29) is 25.0 Å². The Labute approximate surface area is 113 Å². The van der Waals surface area contributed by atoms with Crippen LogP contribution in [-0.2, 0) is 16.0 Å². The molecule has 0 aliphatic rings. The summed E-state index contributed by atoms with van der Waals surface area (Å²) in [5, 5.41) is 0. The molecule has 0 spiro atoms. The lowest BCUT2D eigenvalue weighted by Crippen LogP contribution is -2.18. The zero-order chi connectivity index (χ0) is 14.3. The van der Waals surface area contributed by atoms with Gasteiger partial charge in [0.25, 0.3) is 0 Å². The molecule has 0 aliphatic heterocycles. The average Bonchev–Trinajstić information content (AvgIpc) is 2.39. The zero-order valence-electron chi connectivity index (χ0n) is 11.6. The number of hydrogen-bond acceptors (Lipinski definition) is 5. The van der Waals surface area contributed by atoms with Crippen LogP contribution in [0.25, 0.3) is 0 Å². The molecule has 1 unspecified atom stereocenters. The Kier molecular flexibility index (Phi) is 6.15. The van der Waals surface area contributed by atoms with Crippen molar-refractivity contribution in [2.75, 3.05) is 20.8 Å². The minimum Gasteiger partial charge on any atom is -0.493 e. The highest BCUT2D eigenvalue weighted by atomic mass is 16.5. The average molecular weight is 267 g/mol. The normalized spacial score (nSPS) is 11.8. The molecular formula is C14H21NO4. The third-order valence-corrected chi connectivity index (χ3v) is 2.60. The van der Waals surface area contributed by atoms with Gasteiger partial charge in [-0.15, -0.1) is 0 Å². The van der Waals surface area contributed by atoms with Crippen molar-refractivity contribution in [1.82, 2.24) is 0 Å². The first-order chi connectivity index (χ1) is 9.08. The third-order valence-electron chi connectivity index (χ3n) is 2.60. The summed E-state index contributed by atoms with van der Waals surface area (Å²) in [6, 6.07) is 5.68. The standard InChI is InChI=1S/C14H21NO4/c1-10(15)9-11-5-4-6-12(17-2)14(11)19-8-7-13(16)18-3/h4-6,10H,7-9,15H2,1-3H3. The summed E-state index contributed by atoms with van der Waals surface area (Å²) in [5.74, 6) is 0.984. The van der Waals surface area contributed by atoms with Crippen LogP contribution in [0.2, 0.25) is 0 Å². The summed E-state index contributed by atoms with van der Waals surface area (Å²) in [6.45, 7) is 2.18. The molecule has 0 aliphatic carbocycles. The number of benzene rings is 1. The van der Waals surface area contributed by atoms with Gasteiger partial charge in [0.1, 0.15) is 0 Å². The van der Waals surface area contributed by atoms with E-state index in [9.17, 15) is 4.79 Å². The second-order valence-corrected chi connectivity index (χ2v) is 4.30. The molecule has 0 fully saturated rings. The predicted octanol–water partition coefficient (Wildman–Crippen LogP) is 1.53. The molecule has 106 valence electrons. The summed E-state index contributed by atoms with van der Waals surface area (Å²) in [5.41, 5.74) is 6.78. The first kappa shape index (κ1) is 15.3. The first-order valence-corrected chi connectivity index (χ1v) is 6.19. The number of ether oxygens (including phenoxy) is 3. The maximum atomic E-state index is 11.1. The number of esters is 1. The quantitative estimate of drug-likeness (QED) is 0.758. The molecule has 0 bridgehead atoms. The van der Waals surface area contributed by atoms with Gasteiger partial charge >= 0.3 is 5.97 Å². The van der Waals surface area contributed by atoms with Gasteiger partial charge in [0.15, 0.2) is 11.5 Å². The number of rotatable bonds is 7. The summed E-state index contributed by atoms with van der Waals surface area (Å²) >= 11 is 0. The Hall–Kier alpha value is -1.75. The molecule has 0 amide bonds. The van der Waals surface area contributed by atoms with E-state index in [1.165, 1.54) is 7.11 Å². The van der Waals surface area contributed by atoms with E-state index < -0.39 is 0 Å². The number of carbonyl (C=O) groups is 1. The van der Waals surface area contributed by atoms with E-state index in [1.807, 2.05) is 25.1 Å².